The maximum absolute atomic E-state index is 12.2. The van der Waals surface area contributed by atoms with E-state index in [4.69, 9.17) is 0 Å². The lowest BCUT2D eigenvalue weighted by molar-refractivity contribution is -0.682. The van der Waals surface area contributed by atoms with Crippen LogP contribution in [0.15, 0.2) is 42.5 Å². The minimum Gasteiger partial charge on any atom is -0.333 e. The van der Waals surface area contributed by atoms with Crippen molar-refractivity contribution in [3.63, 3.8) is 0 Å². The first-order chi connectivity index (χ1) is 11.4. The molecule has 0 unspecified atom stereocenters. The molecule has 0 heterocycles. The van der Waals surface area contributed by atoms with Gasteiger partial charge in [-0.3, -0.25) is 14.9 Å². The van der Waals surface area contributed by atoms with E-state index in [-0.39, 0.29) is 29.9 Å². The lowest BCUT2D eigenvalue weighted by atomic mass is 10.1. The molecule has 0 aliphatic rings. The number of amides is 1. The summed E-state index contributed by atoms with van der Waals surface area (Å²) in [7, 11) is 0. The van der Waals surface area contributed by atoms with Crippen LogP contribution in [0.5, 0.6) is 0 Å². The van der Waals surface area contributed by atoms with E-state index >= 15 is 0 Å². The van der Waals surface area contributed by atoms with Crippen LogP contribution in [0, 0.1) is 24.0 Å². The summed E-state index contributed by atoms with van der Waals surface area (Å²) in [6.07, 6.45) is 0. The Labute approximate surface area is 141 Å². The molecule has 0 fully saturated rings. The van der Waals surface area contributed by atoms with Crippen LogP contribution in [-0.2, 0) is 4.79 Å². The van der Waals surface area contributed by atoms with E-state index in [1.54, 1.807) is 6.07 Å². The van der Waals surface area contributed by atoms with Crippen LogP contribution < -0.4 is 10.6 Å². The van der Waals surface area contributed by atoms with Crippen LogP contribution in [0.1, 0.15) is 29.7 Å². The highest BCUT2D eigenvalue weighted by Gasteiger charge is 2.19. The zero-order chi connectivity index (χ0) is 17.7. The highest BCUT2D eigenvalue weighted by Crippen LogP contribution is 2.27. The van der Waals surface area contributed by atoms with Crippen molar-refractivity contribution in [2.75, 3.05) is 11.9 Å². The largest absolute Gasteiger partial charge is 0.333 e. The molecule has 126 valence electrons. The van der Waals surface area contributed by atoms with Crippen LogP contribution in [-0.4, -0.2) is 17.4 Å². The third-order valence-corrected chi connectivity index (χ3v) is 4.06. The summed E-state index contributed by atoms with van der Waals surface area (Å²) in [4.78, 5) is 22.8. The fourth-order valence-electron chi connectivity index (χ4n) is 2.43. The molecule has 1 amide bonds. The number of rotatable bonds is 6. The molecule has 0 saturated carbocycles. The molecule has 0 bridgehead atoms. The second-order valence-corrected chi connectivity index (χ2v) is 5.90. The van der Waals surface area contributed by atoms with Gasteiger partial charge in [0.25, 0.3) is 11.6 Å². The molecule has 3 N–H and O–H groups in total. The summed E-state index contributed by atoms with van der Waals surface area (Å²) in [5.41, 5.74) is 3.01. The lowest BCUT2D eigenvalue weighted by Crippen LogP contribution is -2.86. The molecule has 6 nitrogen and oxygen atoms in total. The number of quaternary nitrogens is 1. The standard InChI is InChI=1S/C18H21N3O3/c1-12-9-16(17(21(23)24)10-13(12)2)20-18(22)11-19-14(3)15-7-5-4-6-8-15/h4-10,14,19H,11H2,1-3H3,(H,20,22)/p+1/t14-/m1/s1. The van der Waals surface area contributed by atoms with Crippen LogP contribution in [0.25, 0.3) is 0 Å². The number of hydrogen-bond donors (Lipinski definition) is 2. The van der Waals surface area contributed by atoms with Gasteiger partial charge in [-0.2, -0.15) is 0 Å². The Morgan fingerprint density at radius 1 is 1.21 bits per heavy atom. The average Bonchev–Trinajstić information content (AvgIpc) is 2.56. The van der Waals surface area contributed by atoms with Gasteiger partial charge >= 0.3 is 0 Å². The van der Waals surface area contributed by atoms with Gasteiger partial charge in [0, 0.05) is 11.6 Å². The first-order valence-electron chi connectivity index (χ1n) is 7.82. The number of nitrogens with one attached hydrogen (secondary N) is 1. The average molecular weight is 328 g/mol. The molecule has 24 heavy (non-hydrogen) atoms. The van der Waals surface area contributed by atoms with Gasteiger partial charge in [-0.25, -0.2) is 0 Å². The van der Waals surface area contributed by atoms with Crippen LogP contribution in [0.4, 0.5) is 11.4 Å². The quantitative estimate of drug-likeness (QED) is 0.630. The van der Waals surface area contributed by atoms with Crippen molar-refractivity contribution in [2.45, 2.75) is 26.8 Å². The van der Waals surface area contributed by atoms with Gasteiger partial charge in [0.15, 0.2) is 6.54 Å². The zero-order valence-electron chi connectivity index (χ0n) is 14.1. The van der Waals surface area contributed by atoms with Crippen molar-refractivity contribution >= 4 is 17.3 Å². The normalized spacial score (nSPS) is 11.8. The monoisotopic (exact) mass is 328 g/mol. The molecule has 6 heteroatoms. The summed E-state index contributed by atoms with van der Waals surface area (Å²) in [5, 5.41) is 15.7. The number of aryl methyl sites for hydroxylation is 2. The first-order valence-corrected chi connectivity index (χ1v) is 7.82. The number of hydrogen-bond acceptors (Lipinski definition) is 3. The fourth-order valence-corrected chi connectivity index (χ4v) is 2.43. The number of carbonyl (C=O) groups is 1. The number of nitrogens with two attached hydrogens (primary N) is 1. The van der Waals surface area contributed by atoms with E-state index in [2.05, 4.69) is 5.32 Å². The van der Waals surface area contributed by atoms with Crippen molar-refractivity contribution < 1.29 is 15.0 Å². The van der Waals surface area contributed by atoms with Crippen LogP contribution in [0.3, 0.4) is 0 Å². The highest BCUT2D eigenvalue weighted by molar-refractivity contribution is 5.93. The van der Waals surface area contributed by atoms with Gasteiger partial charge in [-0.15, -0.1) is 0 Å². The van der Waals surface area contributed by atoms with Crippen molar-refractivity contribution in [3.05, 3.63) is 69.3 Å². The summed E-state index contributed by atoms with van der Waals surface area (Å²) >= 11 is 0. The van der Waals surface area contributed by atoms with Gasteiger partial charge in [-0.1, -0.05) is 30.3 Å². The molecule has 2 rings (SSSR count). The Balaban J connectivity index is 2.02. The Kier molecular flexibility index (Phi) is 5.65. The summed E-state index contributed by atoms with van der Waals surface area (Å²) in [6, 6.07) is 13.1. The molecular formula is C18H22N3O3+. The summed E-state index contributed by atoms with van der Waals surface area (Å²) in [5.74, 6) is -0.260. The van der Waals surface area contributed by atoms with Crippen molar-refractivity contribution in [1.82, 2.24) is 0 Å². The second kappa shape index (κ2) is 7.70. The third kappa shape index (κ3) is 4.39. The Morgan fingerprint density at radius 3 is 2.46 bits per heavy atom. The third-order valence-electron chi connectivity index (χ3n) is 4.06. The van der Waals surface area contributed by atoms with Crippen molar-refractivity contribution in [3.8, 4) is 0 Å². The van der Waals surface area contributed by atoms with Crippen molar-refractivity contribution in [1.29, 1.82) is 0 Å². The summed E-state index contributed by atoms with van der Waals surface area (Å²) in [6.45, 7) is 5.88. The molecule has 0 saturated heterocycles. The Bertz CT molecular complexity index is 745. The highest BCUT2D eigenvalue weighted by atomic mass is 16.6. The maximum atomic E-state index is 12.2. The number of anilines is 1. The topological polar surface area (TPSA) is 88.8 Å². The minimum atomic E-state index is -0.474. The van der Waals surface area contributed by atoms with E-state index in [9.17, 15) is 14.9 Å². The molecule has 0 radical (unpaired) electrons. The molecule has 0 aliphatic carbocycles. The van der Waals surface area contributed by atoms with E-state index in [0.717, 1.165) is 16.7 Å². The Hall–Kier alpha value is -2.73. The number of nitro groups is 1. The van der Waals surface area contributed by atoms with Gasteiger partial charge in [0.2, 0.25) is 0 Å². The van der Waals surface area contributed by atoms with Gasteiger partial charge < -0.3 is 10.6 Å². The Morgan fingerprint density at radius 2 is 1.83 bits per heavy atom. The molecule has 0 aliphatic heterocycles. The molecule has 0 aromatic heterocycles. The molecular weight excluding hydrogens is 306 g/mol. The van der Waals surface area contributed by atoms with E-state index in [1.807, 2.05) is 56.4 Å². The number of carbonyl (C=O) groups excluding carboxylic acids is 1. The fraction of sp³-hybridized carbons (Fsp3) is 0.278. The number of nitro benzene ring substituents is 1. The minimum absolute atomic E-state index is 0.0810. The van der Waals surface area contributed by atoms with Gasteiger partial charge in [-0.05, 0) is 38.0 Å². The molecule has 2 aromatic rings. The number of benzene rings is 2. The van der Waals surface area contributed by atoms with Gasteiger partial charge in [0.05, 0.1) is 4.92 Å². The lowest BCUT2D eigenvalue weighted by Gasteiger charge is -2.12. The van der Waals surface area contributed by atoms with Crippen LogP contribution >= 0.6 is 0 Å². The predicted molar refractivity (Wildman–Crippen MR) is 92.8 cm³/mol. The molecule has 2 aromatic carbocycles. The maximum Gasteiger partial charge on any atom is 0.293 e. The van der Waals surface area contributed by atoms with Gasteiger partial charge in [0.1, 0.15) is 11.7 Å². The summed E-state index contributed by atoms with van der Waals surface area (Å²) < 4.78 is 0. The smallest absolute Gasteiger partial charge is 0.293 e. The molecule has 1 atom stereocenters. The van der Waals surface area contributed by atoms with Crippen molar-refractivity contribution in [2.24, 2.45) is 0 Å². The van der Waals surface area contributed by atoms with E-state index < -0.39 is 4.92 Å². The second-order valence-electron chi connectivity index (χ2n) is 5.90. The SMILES string of the molecule is Cc1cc(NC(=O)C[NH2+][C@H](C)c2ccccc2)c([N+](=O)[O-])cc1C. The predicted octanol–water partition coefficient (Wildman–Crippen LogP) is 2.47. The van der Waals surface area contributed by atoms with E-state index in [1.165, 1.54) is 6.07 Å². The van der Waals surface area contributed by atoms with E-state index in [0.29, 0.717) is 0 Å². The van der Waals surface area contributed by atoms with Crippen LogP contribution in [0.2, 0.25) is 0 Å². The first kappa shape index (κ1) is 17.6. The number of nitrogens with zero attached hydrogens (tertiary/aromatic N) is 1. The zero-order valence-corrected chi connectivity index (χ0v) is 14.1. The molecule has 0 spiro atoms.